The summed E-state index contributed by atoms with van der Waals surface area (Å²) in [7, 11) is 0. The second-order valence-electron chi connectivity index (χ2n) is 4.93. The van der Waals surface area contributed by atoms with Gasteiger partial charge in [-0.3, -0.25) is 10.1 Å². The topological polar surface area (TPSA) is 56.8 Å². The van der Waals surface area contributed by atoms with E-state index in [2.05, 4.69) is 37.5 Å². The summed E-state index contributed by atoms with van der Waals surface area (Å²) in [6.07, 6.45) is 7.87. The van der Waals surface area contributed by atoms with Crippen LogP contribution in [0.1, 0.15) is 18.5 Å². The van der Waals surface area contributed by atoms with Gasteiger partial charge in [0.2, 0.25) is 0 Å². The van der Waals surface area contributed by atoms with Gasteiger partial charge in [-0.25, -0.2) is 0 Å². The SMILES string of the molecule is c1cc(N2CCC(NCc3ccn[nH]3)CC2)ccn1. The molecule has 0 atom stereocenters. The molecule has 0 spiro atoms. The minimum Gasteiger partial charge on any atom is -0.371 e. The van der Waals surface area contributed by atoms with Gasteiger partial charge >= 0.3 is 0 Å². The van der Waals surface area contributed by atoms with Gasteiger partial charge in [0.15, 0.2) is 0 Å². The first-order valence-electron chi connectivity index (χ1n) is 6.78. The van der Waals surface area contributed by atoms with E-state index in [4.69, 9.17) is 0 Å². The molecule has 0 aromatic carbocycles. The van der Waals surface area contributed by atoms with Crippen LogP contribution in [-0.2, 0) is 6.54 Å². The Labute approximate surface area is 113 Å². The van der Waals surface area contributed by atoms with Crippen molar-refractivity contribution < 1.29 is 0 Å². The fraction of sp³-hybridized carbons (Fsp3) is 0.429. The third-order valence-corrected chi connectivity index (χ3v) is 3.66. The highest BCUT2D eigenvalue weighted by atomic mass is 15.2. The molecular weight excluding hydrogens is 238 g/mol. The normalized spacial score (nSPS) is 16.7. The number of hydrogen-bond acceptors (Lipinski definition) is 4. The Hall–Kier alpha value is -1.88. The lowest BCUT2D eigenvalue weighted by Gasteiger charge is -2.33. The average Bonchev–Trinajstić information content (AvgIpc) is 3.00. The maximum Gasteiger partial charge on any atom is 0.0490 e. The van der Waals surface area contributed by atoms with Crippen LogP contribution in [0.4, 0.5) is 5.69 Å². The Morgan fingerprint density at radius 3 is 2.63 bits per heavy atom. The maximum absolute atomic E-state index is 4.06. The van der Waals surface area contributed by atoms with Gasteiger partial charge < -0.3 is 10.2 Å². The smallest absolute Gasteiger partial charge is 0.0490 e. The van der Waals surface area contributed by atoms with Crippen LogP contribution in [0.2, 0.25) is 0 Å². The van der Waals surface area contributed by atoms with E-state index in [-0.39, 0.29) is 0 Å². The molecular formula is C14H19N5. The second kappa shape index (κ2) is 5.84. The van der Waals surface area contributed by atoms with Gasteiger partial charge in [0.05, 0.1) is 0 Å². The Kier molecular flexibility index (Phi) is 3.74. The van der Waals surface area contributed by atoms with Crippen molar-refractivity contribution in [3.05, 3.63) is 42.5 Å². The molecule has 0 radical (unpaired) electrons. The first-order valence-corrected chi connectivity index (χ1v) is 6.78. The number of aromatic nitrogens is 3. The number of nitrogens with zero attached hydrogens (tertiary/aromatic N) is 3. The molecule has 1 saturated heterocycles. The maximum atomic E-state index is 4.06. The van der Waals surface area contributed by atoms with E-state index >= 15 is 0 Å². The van der Waals surface area contributed by atoms with Crippen LogP contribution in [0.25, 0.3) is 0 Å². The second-order valence-corrected chi connectivity index (χ2v) is 4.93. The van der Waals surface area contributed by atoms with Crippen LogP contribution < -0.4 is 10.2 Å². The summed E-state index contributed by atoms with van der Waals surface area (Å²) in [4.78, 5) is 6.49. The van der Waals surface area contributed by atoms with E-state index < -0.39 is 0 Å². The number of H-pyrrole nitrogens is 1. The predicted octanol–water partition coefficient (Wildman–Crippen LogP) is 1.56. The van der Waals surface area contributed by atoms with E-state index in [0.717, 1.165) is 25.3 Å². The Morgan fingerprint density at radius 2 is 1.95 bits per heavy atom. The van der Waals surface area contributed by atoms with Gasteiger partial charge in [0.25, 0.3) is 0 Å². The number of nitrogens with one attached hydrogen (secondary N) is 2. The fourth-order valence-electron chi connectivity index (χ4n) is 2.53. The zero-order chi connectivity index (χ0) is 12.9. The monoisotopic (exact) mass is 257 g/mol. The number of anilines is 1. The van der Waals surface area contributed by atoms with E-state index in [1.807, 2.05) is 18.5 Å². The van der Waals surface area contributed by atoms with Crippen molar-refractivity contribution in [2.45, 2.75) is 25.4 Å². The van der Waals surface area contributed by atoms with Gasteiger partial charge in [-0.05, 0) is 31.0 Å². The number of rotatable bonds is 4. The van der Waals surface area contributed by atoms with Crippen molar-refractivity contribution in [2.24, 2.45) is 0 Å². The van der Waals surface area contributed by atoms with Crippen molar-refractivity contribution in [3.63, 3.8) is 0 Å². The molecule has 5 heteroatoms. The zero-order valence-corrected chi connectivity index (χ0v) is 10.9. The molecule has 0 amide bonds. The summed E-state index contributed by atoms with van der Waals surface area (Å²) in [5.74, 6) is 0. The molecule has 0 saturated carbocycles. The summed E-state index contributed by atoms with van der Waals surface area (Å²) in [5.41, 5.74) is 2.43. The summed E-state index contributed by atoms with van der Waals surface area (Å²) in [6.45, 7) is 3.08. The molecule has 0 aliphatic carbocycles. The molecule has 0 unspecified atom stereocenters. The summed E-state index contributed by atoms with van der Waals surface area (Å²) >= 11 is 0. The largest absolute Gasteiger partial charge is 0.371 e. The molecule has 5 nitrogen and oxygen atoms in total. The van der Waals surface area contributed by atoms with Gasteiger partial charge in [0.1, 0.15) is 0 Å². The number of piperidine rings is 1. The molecule has 2 N–H and O–H groups in total. The quantitative estimate of drug-likeness (QED) is 0.873. The molecule has 1 aliphatic heterocycles. The van der Waals surface area contributed by atoms with Crippen LogP contribution in [0, 0.1) is 0 Å². The zero-order valence-electron chi connectivity index (χ0n) is 10.9. The molecule has 3 heterocycles. The highest BCUT2D eigenvalue weighted by Gasteiger charge is 2.18. The molecule has 1 aliphatic rings. The lowest BCUT2D eigenvalue weighted by molar-refractivity contribution is 0.412. The van der Waals surface area contributed by atoms with Crippen molar-refractivity contribution in [2.75, 3.05) is 18.0 Å². The Bertz CT molecular complexity index is 474. The molecule has 2 aromatic heterocycles. The third kappa shape index (κ3) is 3.12. The first-order chi connectivity index (χ1) is 9.42. The summed E-state index contributed by atoms with van der Waals surface area (Å²) in [5, 5.41) is 10.5. The standard InChI is InChI=1S/C14H19N5/c1-8-17-18-13(1)11-16-12-4-9-19(10-5-12)14-2-6-15-7-3-14/h1-3,6-8,12,16H,4-5,9-11H2,(H,17,18). The molecule has 100 valence electrons. The van der Waals surface area contributed by atoms with Crippen molar-refractivity contribution in [1.29, 1.82) is 0 Å². The Balaban J connectivity index is 1.47. The van der Waals surface area contributed by atoms with Crippen molar-refractivity contribution in [1.82, 2.24) is 20.5 Å². The minimum atomic E-state index is 0.599. The van der Waals surface area contributed by atoms with Gasteiger partial charge in [-0.2, -0.15) is 5.10 Å². The van der Waals surface area contributed by atoms with Gasteiger partial charge in [0, 0.05) is 55.6 Å². The highest BCUT2D eigenvalue weighted by Crippen LogP contribution is 2.18. The van der Waals surface area contributed by atoms with E-state index in [1.54, 1.807) is 6.20 Å². The summed E-state index contributed by atoms with van der Waals surface area (Å²) < 4.78 is 0. The number of pyridine rings is 1. The van der Waals surface area contributed by atoms with Crippen molar-refractivity contribution in [3.8, 4) is 0 Å². The average molecular weight is 257 g/mol. The molecule has 3 rings (SSSR count). The molecule has 0 bridgehead atoms. The predicted molar refractivity (Wildman–Crippen MR) is 74.9 cm³/mol. The fourth-order valence-corrected chi connectivity index (χ4v) is 2.53. The Morgan fingerprint density at radius 1 is 1.16 bits per heavy atom. The van der Waals surface area contributed by atoms with Crippen LogP contribution in [0.15, 0.2) is 36.8 Å². The summed E-state index contributed by atoms with van der Waals surface area (Å²) in [6, 6.07) is 6.77. The van der Waals surface area contributed by atoms with Crippen LogP contribution >= 0.6 is 0 Å². The van der Waals surface area contributed by atoms with Gasteiger partial charge in [-0.15, -0.1) is 0 Å². The third-order valence-electron chi connectivity index (χ3n) is 3.66. The minimum absolute atomic E-state index is 0.599. The van der Waals surface area contributed by atoms with Crippen LogP contribution in [-0.4, -0.2) is 34.3 Å². The molecule has 1 fully saturated rings. The van der Waals surface area contributed by atoms with E-state index in [0.29, 0.717) is 6.04 Å². The molecule has 19 heavy (non-hydrogen) atoms. The van der Waals surface area contributed by atoms with Crippen LogP contribution in [0.5, 0.6) is 0 Å². The lowest BCUT2D eigenvalue weighted by atomic mass is 10.0. The van der Waals surface area contributed by atoms with E-state index in [1.165, 1.54) is 18.5 Å². The highest BCUT2D eigenvalue weighted by molar-refractivity contribution is 5.44. The van der Waals surface area contributed by atoms with Crippen LogP contribution in [0.3, 0.4) is 0 Å². The van der Waals surface area contributed by atoms with Crippen molar-refractivity contribution >= 4 is 5.69 Å². The van der Waals surface area contributed by atoms with E-state index in [9.17, 15) is 0 Å². The van der Waals surface area contributed by atoms with Gasteiger partial charge in [-0.1, -0.05) is 0 Å². The number of hydrogen-bond donors (Lipinski definition) is 2. The number of aromatic amines is 1. The lowest BCUT2D eigenvalue weighted by Crippen LogP contribution is -2.42. The molecule has 2 aromatic rings. The first kappa shape index (κ1) is 12.2.